The number of aliphatic hydroxyl groups excluding tert-OH is 1. The molecule has 25 heavy (non-hydrogen) atoms. The van der Waals surface area contributed by atoms with Gasteiger partial charge in [-0.25, -0.2) is 8.78 Å². The fraction of sp³-hybridized carbons (Fsp3) is 0.786. The highest BCUT2D eigenvalue weighted by Crippen LogP contribution is 2.31. The van der Waals surface area contributed by atoms with Crippen LogP contribution in [-0.4, -0.2) is 58.8 Å². The summed E-state index contributed by atoms with van der Waals surface area (Å²) < 4.78 is 56.3. The molecule has 7 nitrogen and oxygen atoms in total. The standard InChI is InChI=1S/C14H21ClF2N4O3S/c15-11-7-18-20(9-11)8-10-5-12(13(22)6-10)19-25(23,24)21-3-1-14(16,17)2-4-21/h7,9-10,12-13,19,22H,1-6,8H2/t10?,12-,13-/m1/s1. The van der Waals surface area contributed by atoms with Gasteiger partial charge in [-0.2, -0.15) is 22.5 Å². The highest BCUT2D eigenvalue weighted by atomic mass is 35.5. The summed E-state index contributed by atoms with van der Waals surface area (Å²) in [5.74, 6) is -2.76. The van der Waals surface area contributed by atoms with Crippen LogP contribution in [0.2, 0.25) is 5.02 Å². The molecule has 0 amide bonds. The smallest absolute Gasteiger partial charge is 0.279 e. The maximum absolute atomic E-state index is 13.2. The number of rotatable bonds is 5. The number of nitrogens with one attached hydrogen (secondary N) is 1. The molecule has 11 heteroatoms. The van der Waals surface area contributed by atoms with Gasteiger partial charge in [0.15, 0.2) is 0 Å². The molecule has 1 aromatic rings. The van der Waals surface area contributed by atoms with E-state index in [9.17, 15) is 22.3 Å². The van der Waals surface area contributed by atoms with Crippen molar-refractivity contribution >= 4 is 21.8 Å². The molecule has 0 spiro atoms. The normalized spacial score (nSPS) is 30.6. The molecular formula is C14H21ClF2N4O3S. The largest absolute Gasteiger partial charge is 0.391 e. The second-order valence-electron chi connectivity index (χ2n) is 6.77. The Morgan fingerprint density at radius 2 is 2.04 bits per heavy atom. The average Bonchev–Trinajstić information content (AvgIpc) is 3.04. The van der Waals surface area contributed by atoms with Gasteiger partial charge in [-0.1, -0.05) is 11.6 Å². The average molecular weight is 399 g/mol. The highest BCUT2D eigenvalue weighted by molar-refractivity contribution is 7.87. The third-order valence-corrected chi connectivity index (χ3v) is 6.61. The van der Waals surface area contributed by atoms with Crippen LogP contribution in [0.15, 0.2) is 12.4 Å². The Kier molecular flexibility index (Phi) is 5.36. The van der Waals surface area contributed by atoms with Crippen LogP contribution < -0.4 is 4.72 Å². The molecule has 3 rings (SSSR count). The van der Waals surface area contributed by atoms with E-state index in [0.717, 1.165) is 4.31 Å². The van der Waals surface area contributed by atoms with Gasteiger partial charge in [0.1, 0.15) is 0 Å². The van der Waals surface area contributed by atoms with Crippen molar-refractivity contribution in [1.29, 1.82) is 0 Å². The zero-order valence-electron chi connectivity index (χ0n) is 13.5. The molecule has 2 fully saturated rings. The summed E-state index contributed by atoms with van der Waals surface area (Å²) in [5.41, 5.74) is 0. The van der Waals surface area contributed by atoms with Crippen molar-refractivity contribution in [2.75, 3.05) is 13.1 Å². The number of hydrogen-bond acceptors (Lipinski definition) is 4. The fourth-order valence-corrected chi connectivity index (χ4v) is 5.02. The van der Waals surface area contributed by atoms with Crippen molar-refractivity contribution in [2.24, 2.45) is 5.92 Å². The Bertz CT molecular complexity index is 705. The van der Waals surface area contributed by atoms with Crippen LogP contribution in [0.5, 0.6) is 0 Å². The lowest BCUT2D eigenvalue weighted by atomic mass is 10.1. The van der Waals surface area contributed by atoms with Crippen LogP contribution in [0, 0.1) is 5.92 Å². The molecule has 1 saturated heterocycles. The van der Waals surface area contributed by atoms with Gasteiger partial charge in [-0.05, 0) is 18.8 Å². The van der Waals surface area contributed by atoms with E-state index in [1.165, 1.54) is 6.20 Å². The number of piperidine rings is 1. The van der Waals surface area contributed by atoms with Gasteiger partial charge < -0.3 is 5.11 Å². The molecule has 1 aliphatic carbocycles. The van der Waals surface area contributed by atoms with Gasteiger partial charge in [-0.3, -0.25) is 4.68 Å². The minimum absolute atomic E-state index is 0.0457. The van der Waals surface area contributed by atoms with Gasteiger partial charge in [0.25, 0.3) is 16.1 Å². The van der Waals surface area contributed by atoms with Crippen LogP contribution in [0.1, 0.15) is 25.7 Å². The number of hydrogen-bond donors (Lipinski definition) is 2. The van der Waals surface area contributed by atoms with Gasteiger partial charge in [-0.15, -0.1) is 0 Å². The third kappa shape index (κ3) is 4.68. The van der Waals surface area contributed by atoms with E-state index >= 15 is 0 Å². The predicted molar refractivity (Wildman–Crippen MR) is 87.6 cm³/mol. The van der Waals surface area contributed by atoms with Crippen LogP contribution in [0.4, 0.5) is 8.78 Å². The Hall–Kier alpha value is -0.810. The first-order valence-electron chi connectivity index (χ1n) is 8.16. The summed E-state index contributed by atoms with van der Waals surface area (Å²) in [4.78, 5) is 0. The van der Waals surface area contributed by atoms with Crippen molar-refractivity contribution in [2.45, 2.75) is 50.3 Å². The van der Waals surface area contributed by atoms with Crippen LogP contribution in [0.25, 0.3) is 0 Å². The molecule has 0 bridgehead atoms. The van der Waals surface area contributed by atoms with Crippen molar-refractivity contribution < 1.29 is 22.3 Å². The van der Waals surface area contributed by atoms with E-state index < -0.39 is 41.1 Å². The first-order chi connectivity index (χ1) is 11.6. The molecule has 1 unspecified atom stereocenters. The van der Waals surface area contributed by atoms with Gasteiger partial charge in [0.05, 0.1) is 17.3 Å². The molecule has 0 aromatic carbocycles. The molecule has 2 aliphatic rings. The highest BCUT2D eigenvalue weighted by Gasteiger charge is 2.41. The van der Waals surface area contributed by atoms with E-state index in [1.807, 2.05) is 0 Å². The molecule has 2 N–H and O–H groups in total. The number of aromatic nitrogens is 2. The molecule has 0 radical (unpaired) electrons. The maximum Gasteiger partial charge on any atom is 0.279 e. The first-order valence-corrected chi connectivity index (χ1v) is 9.98. The van der Waals surface area contributed by atoms with Gasteiger partial charge >= 0.3 is 0 Å². The Labute approximate surface area is 150 Å². The SMILES string of the molecule is O=S(=O)(N[C@@H]1CC(Cn2cc(Cl)cn2)C[C@H]1O)N1CCC(F)(F)CC1. The molecule has 1 aliphatic heterocycles. The summed E-state index contributed by atoms with van der Waals surface area (Å²) in [7, 11) is -3.90. The van der Waals surface area contributed by atoms with E-state index in [4.69, 9.17) is 11.6 Å². The minimum atomic E-state index is -3.90. The van der Waals surface area contributed by atoms with E-state index in [1.54, 1.807) is 10.9 Å². The summed E-state index contributed by atoms with van der Waals surface area (Å²) in [5, 5.41) is 14.8. The lowest BCUT2D eigenvalue weighted by molar-refractivity contribution is -0.0414. The number of alkyl halides is 2. The second kappa shape index (κ2) is 7.07. The quantitative estimate of drug-likeness (QED) is 0.781. The second-order valence-corrected chi connectivity index (χ2v) is 8.91. The number of halogens is 3. The zero-order valence-corrected chi connectivity index (χ0v) is 15.1. The summed E-state index contributed by atoms with van der Waals surface area (Å²) >= 11 is 5.81. The summed E-state index contributed by atoms with van der Waals surface area (Å²) in [6, 6.07) is -0.636. The van der Waals surface area contributed by atoms with Crippen LogP contribution in [-0.2, 0) is 16.8 Å². The molecular weight excluding hydrogens is 378 g/mol. The molecule has 3 atom stereocenters. The van der Waals surface area contributed by atoms with Crippen molar-refractivity contribution in [3.63, 3.8) is 0 Å². The van der Waals surface area contributed by atoms with Gasteiger partial charge in [0, 0.05) is 44.7 Å². The van der Waals surface area contributed by atoms with E-state index in [2.05, 4.69) is 9.82 Å². The van der Waals surface area contributed by atoms with Crippen molar-refractivity contribution in [1.82, 2.24) is 18.8 Å². The topological polar surface area (TPSA) is 87.5 Å². The number of aliphatic hydroxyl groups is 1. The van der Waals surface area contributed by atoms with Crippen molar-refractivity contribution in [3.05, 3.63) is 17.4 Å². The Balaban J connectivity index is 1.57. The third-order valence-electron chi connectivity index (χ3n) is 4.77. The minimum Gasteiger partial charge on any atom is -0.391 e. The Morgan fingerprint density at radius 3 is 2.64 bits per heavy atom. The summed E-state index contributed by atoms with van der Waals surface area (Å²) in [6.45, 7) is 0.0820. The molecule has 1 saturated carbocycles. The molecule has 1 aromatic heterocycles. The monoisotopic (exact) mass is 398 g/mol. The number of nitrogens with zero attached hydrogens (tertiary/aromatic N) is 3. The lowest BCUT2D eigenvalue weighted by Gasteiger charge is -2.32. The fourth-order valence-electron chi connectivity index (χ4n) is 3.42. The zero-order chi connectivity index (χ0) is 18.2. The van der Waals surface area contributed by atoms with E-state index in [0.29, 0.717) is 24.4 Å². The van der Waals surface area contributed by atoms with Gasteiger partial charge in [0.2, 0.25) is 0 Å². The lowest BCUT2D eigenvalue weighted by Crippen LogP contribution is -2.51. The first kappa shape index (κ1) is 19.0. The van der Waals surface area contributed by atoms with Crippen molar-refractivity contribution in [3.8, 4) is 0 Å². The van der Waals surface area contributed by atoms with Crippen LogP contribution >= 0.6 is 11.6 Å². The van der Waals surface area contributed by atoms with E-state index in [-0.39, 0.29) is 19.0 Å². The van der Waals surface area contributed by atoms with Crippen LogP contribution in [0.3, 0.4) is 0 Å². The Morgan fingerprint density at radius 1 is 1.36 bits per heavy atom. The maximum atomic E-state index is 13.2. The summed E-state index contributed by atoms with van der Waals surface area (Å²) in [6.07, 6.45) is 2.27. The molecule has 142 valence electrons. The predicted octanol–water partition coefficient (Wildman–Crippen LogP) is 1.24. The molecule has 2 heterocycles.